The lowest BCUT2D eigenvalue weighted by Crippen LogP contribution is -2.50. The number of hydrogen-bond acceptors (Lipinski definition) is 4. The minimum Gasteiger partial charge on any atom is -0.497 e. The second-order valence-corrected chi connectivity index (χ2v) is 7.82. The molecule has 0 aromatic heterocycles. The van der Waals surface area contributed by atoms with Gasteiger partial charge in [0.05, 0.1) is 7.11 Å². The molecule has 162 valence electrons. The lowest BCUT2D eigenvalue weighted by molar-refractivity contribution is -0.142. The highest BCUT2D eigenvalue weighted by molar-refractivity contribution is 6.31. The lowest BCUT2D eigenvalue weighted by Gasteiger charge is -2.29. The molecule has 2 rings (SSSR count). The van der Waals surface area contributed by atoms with Crippen molar-refractivity contribution in [2.75, 3.05) is 13.7 Å². The van der Waals surface area contributed by atoms with E-state index in [1.807, 2.05) is 45.0 Å². The number of methoxy groups -OCH3 is 1. The predicted octanol–water partition coefficient (Wildman–Crippen LogP) is 3.98. The van der Waals surface area contributed by atoms with Crippen LogP contribution < -0.4 is 14.8 Å². The third kappa shape index (κ3) is 6.66. The van der Waals surface area contributed by atoms with Gasteiger partial charge in [-0.05, 0) is 69.2 Å². The second-order valence-electron chi connectivity index (χ2n) is 7.41. The van der Waals surface area contributed by atoms with Crippen LogP contribution in [0.3, 0.4) is 0 Å². The van der Waals surface area contributed by atoms with E-state index in [1.165, 1.54) is 4.90 Å². The molecule has 0 bridgehead atoms. The fourth-order valence-electron chi connectivity index (χ4n) is 2.85. The molecule has 2 amide bonds. The molecule has 0 heterocycles. The molecule has 0 aliphatic rings. The van der Waals surface area contributed by atoms with E-state index in [9.17, 15) is 9.59 Å². The average Bonchev–Trinajstić information content (AvgIpc) is 2.72. The third-order valence-corrected chi connectivity index (χ3v) is 5.03. The lowest BCUT2D eigenvalue weighted by atomic mass is 10.1. The van der Waals surface area contributed by atoms with Crippen LogP contribution in [-0.4, -0.2) is 42.5 Å². The van der Waals surface area contributed by atoms with E-state index in [2.05, 4.69) is 5.32 Å². The van der Waals surface area contributed by atoms with Crippen LogP contribution in [0, 0.1) is 6.92 Å². The van der Waals surface area contributed by atoms with Gasteiger partial charge >= 0.3 is 0 Å². The predicted molar refractivity (Wildman–Crippen MR) is 118 cm³/mol. The van der Waals surface area contributed by atoms with Crippen LogP contribution in [0.4, 0.5) is 0 Å². The van der Waals surface area contributed by atoms with E-state index >= 15 is 0 Å². The minimum absolute atomic E-state index is 0.0221. The smallest absolute Gasteiger partial charge is 0.261 e. The number of halogens is 1. The zero-order valence-corrected chi connectivity index (χ0v) is 18.8. The minimum atomic E-state index is -0.655. The molecule has 0 unspecified atom stereocenters. The van der Waals surface area contributed by atoms with Gasteiger partial charge in [-0.25, -0.2) is 0 Å². The van der Waals surface area contributed by atoms with Crippen molar-refractivity contribution in [3.63, 3.8) is 0 Å². The van der Waals surface area contributed by atoms with E-state index in [0.717, 1.165) is 16.9 Å². The molecular weight excluding hydrogens is 404 g/mol. The summed E-state index contributed by atoms with van der Waals surface area (Å²) in [7, 11) is 1.60. The highest BCUT2D eigenvalue weighted by atomic mass is 35.5. The van der Waals surface area contributed by atoms with Gasteiger partial charge in [-0.1, -0.05) is 23.7 Å². The first-order chi connectivity index (χ1) is 14.2. The van der Waals surface area contributed by atoms with Gasteiger partial charge in [0, 0.05) is 17.6 Å². The number of aryl methyl sites for hydroxylation is 1. The molecule has 0 fully saturated rings. The average molecular weight is 433 g/mol. The highest BCUT2D eigenvalue weighted by Crippen LogP contribution is 2.21. The molecule has 0 aliphatic carbocycles. The van der Waals surface area contributed by atoms with Crippen LogP contribution >= 0.6 is 11.6 Å². The van der Waals surface area contributed by atoms with Gasteiger partial charge in [-0.2, -0.15) is 0 Å². The van der Waals surface area contributed by atoms with Crippen LogP contribution in [0.2, 0.25) is 5.02 Å². The van der Waals surface area contributed by atoms with Crippen molar-refractivity contribution < 1.29 is 19.1 Å². The first kappa shape index (κ1) is 23.5. The van der Waals surface area contributed by atoms with Crippen LogP contribution in [0.15, 0.2) is 42.5 Å². The van der Waals surface area contributed by atoms with E-state index in [4.69, 9.17) is 21.1 Å². The van der Waals surface area contributed by atoms with Crippen LogP contribution in [0.5, 0.6) is 11.5 Å². The fraction of sp³-hybridized carbons (Fsp3) is 0.391. The van der Waals surface area contributed by atoms with Gasteiger partial charge < -0.3 is 19.7 Å². The third-order valence-electron chi connectivity index (χ3n) is 4.60. The van der Waals surface area contributed by atoms with E-state index < -0.39 is 6.04 Å². The summed E-state index contributed by atoms with van der Waals surface area (Å²) in [6.45, 7) is 7.43. The number of hydrogen-bond donors (Lipinski definition) is 1. The Morgan fingerprint density at radius 2 is 1.70 bits per heavy atom. The molecule has 0 saturated carbocycles. The van der Waals surface area contributed by atoms with E-state index in [-0.39, 0.29) is 31.0 Å². The zero-order valence-electron chi connectivity index (χ0n) is 18.1. The van der Waals surface area contributed by atoms with E-state index in [1.54, 1.807) is 32.2 Å². The van der Waals surface area contributed by atoms with Crippen molar-refractivity contribution in [3.8, 4) is 11.5 Å². The molecule has 2 aromatic rings. The molecule has 6 nitrogen and oxygen atoms in total. The Morgan fingerprint density at radius 1 is 1.07 bits per heavy atom. The van der Waals surface area contributed by atoms with Gasteiger partial charge in [0.1, 0.15) is 17.5 Å². The molecule has 0 saturated heterocycles. The summed E-state index contributed by atoms with van der Waals surface area (Å²) in [5.74, 6) is 0.775. The Bertz CT molecular complexity index is 868. The summed E-state index contributed by atoms with van der Waals surface area (Å²) < 4.78 is 10.9. The number of benzene rings is 2. The van der Waals surface area contributed by atoms with Crippen LogP contribution in [0.1, 0.15) is 31.9 Å². The van der Waals surface area contributed by atoms with Gasteiger partial charge in [0.15, 0.2) is 6.61 Å². The number of ether oxygens (including phenoxy) is 2. The van der Waals surface area contributed by atoms with Crippen molar-refractivity contribution in [1.29, 1.82) is 0 Å². The van der Waals surface area contributed by atoms with Crippen molar-refractivity contribution in [1.82, 2.24) is 10.2 Å². The van der Waals surface area contributed by atoms with E-state index in [0.29, 0.717) is 10.8 Å². The first-order valence-electron chi connectivity index (χ1n) is 9.83. The van der Waals surface area contributed by atoms with Crippen molar-refractivity contribution in [2.45, 2.75) is 46.3 Å². The van der Waals surface area contributed by atoms with Gasteiger partial charge in [0.25, 0.3) is 5.91 Å². The number of nitrogens with zero attached hydrogens (tertiary/aromatic N) is 1. The Kier molecular flexibility index (Phi) is 8.54. The number of rotatable bonds is 9. The molecule has 1 N–H and O–H groups in total. The van der Waals surface area contributed by atoms with Crippen LogP contribution in [-0.2, 0) is 16.1 Å². The summed E-state index contributed by atoms with van der Waals surface area (Å²) in [6.07, 6.45) is 0. The summed E-state index contributed by atoms with van der Waals surface area (Å²) in [6, 6.07) is 11.9. The number of carbonyl (C=O) groups is 2. The molecule has 7 heteroatoms. The molecule has 0 aliphatic heterocycles. The van der Waals surface area contributed by atoms with Gasteiger partial charge in [-0.3, -0.25) is 9.59 Å². The maximum absolute atomic E-state index is 13.0. The molecule has 0 radical (unpaired) electrons. The number of amides is 2. The Hall–Kier alpha value is -2.73. The Morgan fingerprint density at radius 3 is 2.27 bits per heavy atom. The summed E-state index contributed by atoms with van der Waals surface area (Å²) in [5, 5.41) is 3.49. The summed E-state index contributed by atoms with van der Waals surface area (Å²) in [5.41, 5.74) is 1.75. The molecule has 2 aromatic carbocycles. The van der Waals surface area contributed by atoms with Crippen LogP contribution in [0.25, 0.3) is 0 Å². The summed E-state index contributed by atoms with van der Waals surface area (Å²) >= 11 is 6.04. The first-order valence-corrected chi connectivity index (χ1v) is 10.2. The fourth-order valence-corrected chi connectivity index (χ4v) is 2.97. The molecule has 1 atom stereocenters. The molecule has 30 heavy (non-hydrogen) atoms. The maximum Gasteiger partial charge on any atom is 0.261 e. The quantitative estimate of drug-likeness (QED) is 0.650. The highest BCUT2D eigenvalue weighted by Gasteiger charge is 2.27. The Balaban J connectivity index is 2.16. The molecular formula is C23H29ClN2O4. The van der Waals surface area contributed by atoms with Crippen molar-refractivity contribution >= 4 is 23.4 Å². The Labute approximate surface area is 183 Å². The number of nitrogens with one attached hydrogen (secondary N) is 1. The normalized spacial score (nSPS) is 11.7. The SMILES string of the molecule is COc1ccc(CN(C(=O)COc2ccc(Cl)c(C)c2)[C@H](C)C(=O)NC(C)C)cc1. The molecule has 0 spiro atoms. The van der Waals surface area contributed by atoms with Crippen molar-refractivity contribution in [2.24, 2.45) is 0 Å². The van der Waals surface area contributed by atoms with Gasteiger partial charge in [0.2, 0.25) is 5.91 Å². The largest absolute Gasteiger partial charge is 0.497 e. The van der Waals surface area contributed by atoms with Gasteiger partial charge in [-0.15, -0.1) is 0 Å². The second kappa shape index (κ2) is 10.9. The maximum atomic E-state index is 13.0. The summed E-state index contributed by atoms with van der Waals surface area (Å²) in [4.78, 5) is 27.1. The zero-order chi connectivity index (χ0) is 22.3. The monoisotopic (exact) mass is 432 g/mol. The van der Waals surface area contributed by atoms with Crippen molar-refractivity contribution in [3.05, 3.63) is 58.6 Å². The topological polar surface area (TPSA) is 67.9 Å². The number of carbonyl (C=O) groups excluding carboxylic acids is 2. The standard InChI is InChI=1S/C23H29ClN2O4/c1-15(2)25-23(28)17(4)26(13-18-6-8-19(29-5)9-7-18)22(27)14-30-20-10-11-21(24)16(3)12-20/h6-12,15,17H,13-14H2,1-5H3,(H,25,28)/t17-/m1/s1.